The summed E-state index contributed by atoms with van der Waals surface area (Å²) in [5.41, 5.74) is 1.54. The minimum absolute atomic E-state index is 0.0220. The van der Waals surface area contributed by atoms with Gasteiger partial charge < -0.3 is 9.64 Å². The number of nitrogens with zero attached hydrogens (tertiary/aromatic N) is 2. The first-order valence-corrected chi connectivity index (χ1v) is 7.28. The lowest BCUT2D eigenvalue weighted by Gasteiger charge is -2.22. The van der Waals surface area contributed by atoms with Crippen molar-refractivity contribution in [1.29, 1.82) is 5.26 Å². The normalized spacial score (nSPS) is 17.8. The first-order valence-electron chi connectivity index (χ1n) is 7.28. The van der Waals surface area contributed by atoms with E-state index in [1.807, 2.05) is 24.0 Å². The number of ether oxygens (including phenoxy) is 1. The van der Waals surface area contributed by atoms with Gasteiger partial charge in [-0.1, -0.05) is 12.1 Å². The van der Waals surface area contributed by atoms with Gasteiger partial charge in [0.05, 0.1) is 18.2 Å². The molecule has 1 aliphatic heterocycles. The molecule has 0 radical (unpaired) electrons. The molecule has 1 atom stereocenters. The van der Waals surface area contributed by atoms with Crippen LogP contribution >= 0.6 is 0 Å². The molecule has 1 heterocycles. The van der Waals surface area contributed by atoms with Crippen LogP contribution in [-0.4, -0.2) is 37.1 Å². The number of likely N-dealkylation sites (N-methyl/N-ethyl adjacent to an activating group) is 1. The highest BCUT2D eigenvalue weighted by molar-refractivity contribution is 5.91. The van der Waals surface area contributed by atoms with Crippen molar-refractivity contribution in [2.24, 2.45) is 5.92 Å². The molecule has 1 saturated heterocycles. The summed E-state index contributed by atoms with van der Waals surface area (Å²) in [6, 6.07) is 9.24. The molecular weight excluding hydrogens is 264 g/mol. The van der Waals surface area contributed by atoms with Crippen LogP contribution in [0.2, 0.25) is 0 Å². The van der Waals surface area contributed by atoms with E-state index >= 15 is 0 Å². The van der Waals surface area contributed by atoms with Gasteiger partial charge in [-0.25, -0.2) is 0 Å². The van der Waals surface area contributed by atoms with E-state index < -0.39 is 0 Å². The van der Waals surface area contributed by atoms with Crippen LogP contribution in [0.25, 0.3) is 6.08 Å². The molecule has 110 valence electrons. The second-order valence-corrected chi connectivity index (χ2v) is 5.17. The molecule has 1 aliphatic rings. The van der Waals surface area contributed by atoms with Crippen LogP contribution in [0.5, 0.6) is 0 Å². The van der Waals surface area contributed by atoms with Crippen LogP contribution in [0.1, 0.15) is 24.5 Å². The average Bonchev–Trinajstić information content (AvgIpc) is 3.03. The van der Waals surface area contributed by atoms with Gasteiger partial charge in [0.25, 0.3) is 0 Å². The van der Waals surface area contributed by atoms with E-state index in [1.54, 1.807) is 24.3 Å². The van der Waals surface area contributed by atoms with Crippen molar-refractivity contribution < 1.29 is 9.53 Å². The van der Waals surface area contributed by atoms with E-state index in [4.69, 9.17) is 10.00 Å². The smallest absolute Gasteiger partial charge is 0.246 e. The Morgan fingerprint density at radius 2 is 2.24 bits per heavy atom. The van der Waals surface area contributed by atoms with Crippen molar-refractivity contribution in [2.75, 3.05) is 26.3 Å². The van der Waals surface area contributed by atoms with Crippen LogP contribution in [0.4, 0.5) is 0 Å². The van der Waals surface area contributed by atoms with Gasteiger partial charge in [-0.2, -0.15) is 5.26 Å². The highest BCUT2D eigenvalue weighted by atomic mass is 16.5. The standard InChI is InChI=1S/C17H20N2O2/c1-2-19(12-16-9-10-21-13-16)17(20)8-7-14-3-5-15(11-18)6-4-14/h3-8,16H,2,9-10,12-13H2,1H3/b8-7-/t16-/m0/s1. The molecule has 21 heavy (non-hydrogen) atoms. The third kappa shape index (κ3) is 4.44. The zero-order valence-electron chi connectivity index (χ0n) is 12.3. The van der Waals surface area contributed by atoms with Gasteiger partial charge in [0.1, 0.15) is 0 Å². The molecule has 0 unspecified atom stereocenters. The summed E-state index contributed by atoms with van der Waals surface area (Å²) in [4.78, 5) is 14.1. The highest BCUT2D eigenvalue weighted by Gasteiger charge is 2.20. The Bertz CT molecular complexity index is 537. The van der Waals surface area contributed by atoms with E-state index in [2.05, 4.69) is 6.07 Å². The molecule has 1 amide bonds. The maximum atomic E-state index is 12.2. The van der Waals surface area contributed by atoms with Crippen molar-refractivity contribution in [3.63, 3.8) is 0 Å². The number of carbonyl (C=O) groups excluding carboxylic acids is 1. The zero-order chi connectivity index (χ0) is 15.1. The molecule has 4 nitrogen and oxygen atoms in total. The lowest BCUT2D eigenvalue weighted by atomic mass is 10.1. The van der Waals surface area contributed by atoms with Gasteiger partial charge in [0.15, 0.2) is 0 Å². The third-order valence-electron chi connectivity index (χ3n) is 3.65. The molecule has 0 bridgehead atoms. The maximum absolute atomic E-state index is 12.2. The van der Waals surface area contributed by atoms with Crippen LogP contribution in [0.3, 0.4) is 0 Å². The van der Waals surface area contributed by atoms with Gasteiger partial charge in [-0.15, -0.1) is 0 Å². The Morgan fingerprint density at radius 1 is 1.48 bits per heavy atom. The van der Waals surface area contributed by atoms with Crippen LogP contribution in [0.15, 0.2) is 30.3 Å². The lowest BCUT2D eigenvalue weighted by Crippen LogP contribution is -2.34. The number of hydrogen-bond acceptors (Lipinski definition) is 3. The van der Waals surface area contributed by atoms with Gasteiger partial charge in [0.2, 0.25) is 5.91 Å². The minimum atomic E-state index is 0.0220. The summed E-state index contributed by atoms with van der Waals surface area (Å²) in [7, 11) is 0. The van der Waals surface area contributed by atoms with Crippen LogP contribution < -0.4 is 0 Å². The first kappa shape index (κ1) is 15.3. The summed E-state index contributed by atoms with van der Waals surface area (Å²) in [6.07, 6.45) is 4.42. The molecule has 0 aromatic heterocycles. The van der Waals surface area contributed by atoms with E-state index in [-0.39, 0.29) is 5.91 Å². The SMILES string of the molecule is CCN(C[C@@H]1CCOC1)C(=O)/C=C\c1ccc(C#N)cc1. The summed E-state index contributed by atoms with van der Waals surface area (Å²) in [6.45, 7) is 5.00. The van der Waals surface area contributed by atoms with E-state index in [0.717, 1.165) is 31.7 Å². The number of amides is 1. The largest absolute Gasteiger partial charge is 0.381 e. The molecule has 1 aromatic rings. The highest BCUT2D eigenvalue weighted by Crippen LogP contribution is 2.14. The minimum Gasteiger partial charge on any atom is -0.381 e. The van der Waals surface area contributed by atoms with Gasteiger partial charge >= 0.3 is 0 Å². The molecule has 1 fully saturated rings. The molecular formula is C17H20N2O2. The first-order chi connectivity index (χ1) is 10.2. The number of nitriles is 1. The quantitative estimate of drug-likeness (QED) is 0.780. The maximum Gasteiger partial charge on any atom is 0.246 e. The van der Waals surface area contributed by atoms with Crippen molar-refractivity contribution in [2.45, 2.75) is 13.3 Å². The molecule has 0 N–H and O–H groups in total. The Labute approximate surface area is 125 Å². The van der Waals surface area contributed by atoms with E-state index in [9.17, 15) is 4.79 Å². The molecule has 0 aliphatic carbocycles. The molecule has 0 saturated carbocycles. The van der Waals surface area contributed by atoms with Gasteiger partial charge in [-0.05, 0) is 37.1 Å². The molecule has 1 aromatic carbocycles. The number of hydrogen-bond donors (Lipinski definition) is 0. The number of rotatable bonds is 5. The summed E-state index contributed by atoms with van der Waals surface area (Å²) in [5.74, 6) is 0.478. The van der Waals surface area contributed by atoms with Crippen LogP contribution in [-0.2, 0) is 9.53 Å². The second-order valence-electron chi connectivity index (χ2n) is 5.17. The predicted molar refractivity (Wildman–Crippen MR) is 81.4 cm³/mol. The molecule has 4 heteroatoms. The fourth-order valence-electron chi connectivity index (χ4n) is 2.36. The monoisotopic (exact) mass is 284 g/mol. The summed E-state index contributed by atoms with van der Waals surface area (Å²) >= 11 is 0. The van der Waals surface area contributed by atoms with E-state index in [1.165, 1.54) is 0 Å². The van der Waals surface area contributed by atoms with Crippen molar-refractivity contribution in [1.82, 2.24) is 4.90 Å². The second kappa shape index (κ2) is 7.61. The number of carbonyl (C=O) groups is 1. The number of benzene rings is 1. The summed E-state index contributed by atoms with van der Waals surface area (Å²) < 4.78 is 5.35. The van der Waals surface area contributed by atoms with Crippen molar-refractivity contribution in [3.05, 3.63) is 41.5 Å². The van der Waals surface area contributed by atoms with Crippen molar-refractivity contribution >= 4 is 12.0 Å². The van der Waals surface area contributed by atoms with Crippen molar-refractivity contribution in [3.8, 4) is 6.07 Å². The Morgan fingerprint density at radius 3 is 2.81 bits per heavy atom. The van der Waals surface area contributed by atoms with Crippen LogP contribution in [0, 0.1) is 17.2 Å². The average molecular weight is 284 g/mol. The summed E-state index contributed by atoms with van der Waals surface area (Å²) in [5, 5.41) is 8.75. The Hall–Kier alpha value is -2.12. The molecule has 2 rings (SSSR count). The van der Waals surface area contributed by atoms with E-state index in [0.29, 0.717) is 18.0 Å². The fourth-order valence-corrected chi connectivity index (χ4v) is 2.36. The molecule has 0 spiro atoms. The van der Waals surface area contributed by atoms with Gasteiger partial charge in [0, 0.05) is 31.7 Å². The predicted octanol–water partition coefficient (Wildman–Crippen LogP) is 2.46. The Balaban J connectivity index is 1.93. The Kier molecular flexibility index (Phi) is 5.53. The lowest BCUT2D eigenvalue weighted by molar-refractivity contribution is -0.126. The van der Waals surface area contributed by atoms with Gasteiger partial charge in [-0.3, -0.25) is 4.79 Å². The fraction of sp³-hybridized carbons (Fsp3) is 0.412. The topological polar surface area (TPSA) is 53.3 Å². The third-order valence-corrected chi connectivity index (χ3v) is 3.65. The zero-order valence-corrected chi connectivity index (χ0v) is 12.3.